The fraction of sp³-hybridized carbons (Fsp3) is 0.111. The molecular formula is C9H6FNOS. The van der Waals surface area contributed by atoms with Crippen molar-refractivity contribution in [1.29, 1.82) is 0 Å². The van der Waals surface area contributed by atoms with Crippen LogP contribution in [0, 0.1) is 5.82 Å². The maximum Gasteiger partial charge on any atom is 0.162 e. The van der Waals surface area contributed by atoms with E-state index in [0.717, 1.165) is 4.70 Å². The molecule has 2 nitrogen and oxygen atoms in total. The van der Waals surface area contributed by atoms with Crippen LogP contribution in [-0.4, -0.2) is 10.8 Å². The van der Waals surface area contributed by atoms with Crippen LogP contribution in [0.2, 0.25) is 0 Å². The molecule has 2 aromatic rings. The number of Topliss-reactive ketones (excluding diaryl/α,β-unsaturated/α-hetero) is 1. The molecule has 0 radical (unpaired) electrons. The van der Waals surface area contributed by atoms with Crippen LogP contribution in [0.5, 0.6) is 0 Å². The Bertz CT molecular complexity index is 477. The number of hydrogen-bond donors (Lipinski definition) is 0. The number of halogens is 1. The molecule has 1 aromatic heterocycles. The maximum atomic E-state index is 13.5. The van der Waals surface area contributed by atoms with Gasteiger partial charge in [0.15, 0.2) is 11.6 Å². The van der Waals surface area contributed by atoms with Crippen LogP contribution in [0.25, 0.3) is 10.2 Å². The second-order valence-electron chi connectivity index (χ2n) is 2.68. The smallest absolute Gasteiger partial charge is 0.162 e. The Kier molecular flexibility index (Phi) is 1.84. The molecule has 1 aromatic carbocycles. The summed E-state index contributed by atoms with van der Waals surface area (Å²) in [5, 5.41) is 0. The molecular weight excluding hydrogens is 189 g/mol. The summed E-state index contributed by atoms with van der Waals surface area (Å²) in [7, 11) is 0. The van der Waals surface area contributed by atoms with Crippen LogP contribution >= 0.6 is 11.3 Å². The van der Waals surface area contributed by atoms with Crippen LogP contribution in [-0.2, 0) is 0 Å². The Morgan fingerprint density at radius 1 is 1.54 bits per heavy atom. The molecule has 0 spiro atoms. The summed E-state index contributed by atoms with van der Waals surface area (Å²) < 4.78 is 14.2. The summed E-state index contributed by atoms with van der Waals surface area (Å²) in [6, 6.07) is 3.21. The zero-order valence-corrected chi connectivity index (χ0v) is 7.69. The van der Waals surface area contributed by atoms with Crippen molar-refractivity contribution in [2.24, 2.45) is 0 Å². The number of ketones is 1. The van der Waals surface area contributed by atoms with Crippen molar-refractivity contribution in [1.82, 2.24) is 4.98 Å². The maximum absolute atomic E-state index is 13.5. The van der Waals surface area contributed by atoms with Gasteiger partial charge in [-0.15, -0.1) is 11.3 Å². The summed E-state index contributed by atoms with van der Waals surface area (Å²) >= 11 is 1.36. The SMILES string of the molecule is CC(=O)c1ccc2scnc2c1F. The number of thiazole rings is 1. The van der Waals surface area contributed by atoms with E-state index in [0.29, 0.717) is 0 Å². The number of rotatable bonds is 1. The van der Waals surface area contributed by atoms with E-state index in [1.807, 2.05) is 0 Å². The lowest BCUT2D eigenvalue weighted by molar-refractivity contribution is 0.101. The van der Waals surface area contributed by atoms with Crippen LogP contribution in [0.15, 0.2) is 17.6 Å². The molecule has 0 amide bonds. The lowest BCUT2D eigenvalue weighted by Gasteiger charge is -1.97. The van der Waals surface area contributed by atoms with Gasteiger partial charge in [0.05, 0.1) is 15.8 Å². The second kappa shape index (κ2) is 2.88. The number of hydrogen-bond acceptors (Lipinski definition) is 3. The molecule has 0 N–H and O–H groups in total. The second-order valence-corrected chi connectivity index (χ2v) is 3.57. The van der Waals surface area contributed by atoms with E-state index >= 15 is 0 Å². The van der Waals surface area contributed by atoms with Gasteiger partial charge in [-0.1, -0.05) is 0 Å². The van der Waals surface area contributed by atoms with Gasteiger partial charge in [0, 0.05) is 0 Å². The number of fused-ring (bicyclic) bond motifs is 1. The van der Waals surface area contributed by atoms with Crippen molar-refractivity contribution in [3.63, 3.8) is 0 Å². The van der Waals surface area contributed by atoms with Crippen LogP contribution in [0.4, 0.5) is 4.39 Å². The molecule has 1 heterocycles. The molecule has 2 rings (SSSR count). The van der Waals surface area contributed by atoms with Gasteiger partial charge in [-0.05, 0) is 19.1 Å². The zero-order valence-electron chi connectivity index (χ0n) is 6.87. The highest BCUT2D eigenvalue weighted by Crippen LogP contribution is 2.23. The molecule has 0 atom stereocenters. The van der Waals surface area contributed by atoms with Gasteiger partial charge in [0.1, 0.15) is 5.52 Å². The van der Waals surface area contributed by atoms with Crippen molar-refractivity contribution < 1.29 is 9.18 Å². The van der Waals surface area contributed by atoms with Crippen LogP contribution in [0.1, 0.15) is 17.3 Å². The highest BCUT2D eigenvalue weighted by Gasteiger charge is 2.12. The molecule has 0 saturated carbocycles. The van der Waals surface area contributed by atoms with E-state index in [-0.39, 0.29) is 16.9 Å². The van der Waals surface area contributed by atoms with Crippen LogP contribution < -0.4 is 0 Å². The van der Waals surface area contributed by atoms with E-state index in [2.05, 4.69) is 4.98 Å². The highest BCUT2D eigenvalue weighted by atomic mass is 32.1. The summed E-state index contributed by atoms with van der Waals surface area (Å²) in [4.78, 5) is 14.8. The van der Waals surface area contributed by atoms with Crippen molar-refractivity contribution in [3.8, 4) is 0 Å². The van der Waals surface area contributed by atoms with Crippen LogP contribution in [0.3, 0.4) is 0 Å². The third kappa shape index (κ3) is 1.23. The third-order valence-corrected chi connectivity index (χ3v) is 2.61. The lowest BCUT2D eigenvalue weighted by Crippen LogP contribution is -1.96. The number of benzene rings is 1. The van der Waals surface area contributed by atoms with Crippen molar-refractivity contribution in [3.05, 3.63) is 29.0 Å². The van der Waals surface area contributed by atoms with E-state index in [1.165, 1.54) is 24.3 Å². The Labute approximate surface area is 78.0 Å². The fourth-order valence-corrected chi connectivity index (χ4v) is 1.84. The quantitative estimate of drug-likeness (QED) is 0.655. The van der Waals surface area contributed by atoms with Gasteiger partial charge >= 0.3 is 0 Å². The van der Waals surface area contributed by atoms with Gasteiger partial charge in [0.2, 0.25) is 0 Å². The van der Waals surface area contributed by atoms with E-state index < -0.39 is 5.82 Å². The van der Waals surface area contributed by atoms with Gasteiger partial charge in [-0.25, -0.2) is 9.37 Å². The van der Waals surface area contributed by atoms with Gasteiger partial charge in [-0.3, -0.25) is 4.79 Å². The number of aromatic nitrogens is 1. The molecule has 66 valence electrons. The standard InChI is InChI=1S/C9H6FNOS/c1-5(12)6-2-3-7-9(8(6)10)11-4-13-7/h2-4H,1H3. The Hall–Kier alpha value is -1.29. The summed E-state index contributed by atoms with van der Waals surface area (Å²) in [6.07, 6.45) is 0. The minimum Gasteiger partial charge on any atom is -0.294 e. The Balaban J connectivity index is 2.80. The third-order valence-electron chi connectivity index (χ3n) is 1.82. The van der Waals surface area contributed by atoms with Crippen molar-refractivity contribution in [2.45, 2.75) is 6.92 Å². The Morgan fingerprint density at radius 2 is 2.31 bits per heavy atom. The number of carbonyl (C=O) groups is 1. The zero-order chi connectivity index (χ0) is 9.42. The Morgan fingerprint density at radius 3 is 3.00 bits per heavy atom. The van der Waals surface area contributed by atoms with E-state index in [9.17, 15) is 9.18 Å². The van der Waals surface area contributed by atoms with Gasteiger partial charge < -0.3 is 0 Å². The predicted molar refractivity (Wildman–Crippen MR) is 49.6 cm³/mol. The largest absolute Gasteiger partial charge is 0.294 e. The molecule has 0 aliphatic rings. The molecule has 0 unspecified atom stereocenters. The molecule has 13 heavy (non-hydrogen) atoms. The van der Waals surface area contributed by atoms with Crippen molar-refractivity contribution >= 4 is 27.3 Å². The fourth-order valence-electron chi connectivity index (χ4n) is 1.17. The van der Waals surface area contributed by atoms with E-state index in [1.54, 1.807) is 11.6 Å². The summed E-state index contributed by atoms with van der Waals surface area (Å²) in [5.41, 5.74) is 1.97. The average Bonchev–Trinajstić information content (AvgIpc) is 2.52. The number of carbonyl (C=O) groups excluding carboxylic acids is 1. The minimum atomic E-state index is -0.508. The minimum absolute atomic E-state index is 0.110. The first-order valence-electron chi connectivity index (χ1n) is 3.73. The van der Waals surface area contributed by atoms with E-state index in [4.69, 9.17) is 0 Å². The molecule has 0 saturated heterocycles. The van der Waals surface area contributed by atoms with Gasteiger partial charge in [0.25, 0.3) is 0 Å². The first kappa shape index (κ1) is 8.31. The average molecular weight is 195 g/mol. The highest BCUT2D eigenvalue weighted by molar-refractivity contribution is 7.16. The summed E-state index contributed by atoms with van der Waals surface area (Å²) in [5.74, 6) is -0.779. The van der Waals surface area contributed by atoms with Crippen molar-refractivity contribution in [2.75, 3.05) is 0 Å². The van der Waals surface area contributed by atoms with Gasteiger partial charge in [-0.2, -0.15) is 0 Å². The molecule has 0 fully saturated rings. The predicted octanol–water partition coefficient (Wildman–Crippen LogP) is 2.64. The lowest BCUT2D eigenvalue weighted by atomic mass is 10.1. The molecule has 0 bridgehead atoms. The first-order valence-corrected chi connectivity index (χ1v) is 4.61. The first-order chi connectivity index (χ1) is 6.20. The molecule has 4 heteroatoms. The summed E-state index contributed by atoms with van der Waals surface area (Å²) in [6.45, 7) is 1.34. The number of nitrogens with zero attached hydrogens (tertiary/aromatic N) is 1. The topological polar surface area (TPSA) is 30.0 Å². The molecule has 0 aliphatic heterocycles. The normalized spacial score (nSPS) is 10.6. The monoisotopic (exact) mass is 195 g/mol. The molecule has 0 aliphatic carbocycles.